The molecule has 1 aliphatic heterocycles. The van der Waals surface area contributed by atoms with Crippen molar-refractivity contribution in [1.82, 2.24) is 0 Å². The van der Waals surface area contributed by atoms with Gasteiger partial charge in [0, 0.05) is 6.42 Å². The Morgan fingerprint density at radius 1 is 1.42 bits per heavy atom. The smallest absolute Gasteiger partial charge is 0.427 e. The Balaban J connectivity index is 2.58. The van der Waals surface area contributed by atoms with Crippen LogP contribution in [0.5, 0.6) is 0 Å². The van der Waals surface area contributed by atoms with Crippen LogP contribution in [0.3, 0.4) is 0 Å². The average Bonchev–Trinajstić information content (AvgIpc) is 2.66. The molecule has 0 spiro atoms. The molecule has 5 heteroatoms. The summed E-state index contributed by atoms with van der Waals surface area (Å²) in [5.74, 6) is 2.13. The molecule has 0 bridgehead atoms. The normalized spacial score (nSPS) is 23.4. The zero-order chi connectivity index (χ0) is 14.7. The molecule has 1 fully saturated rings. The highest BCUT2D eigenvalue weighted by atomic mass is 28.3. The van der Waals surface area contributed by atoms with Crippen molar-refractivity contribution in [3.8, 4) is 11.5 Å². The van der Waals surface area contributed by atoms with Gasteiger partial charge in [0.25, 0.3) is 5.79 Å². The van der Waals surface area contributed by atoms with E-state index in [2.05, 4.69) is 45.3 Å². The Hall–Kier alpha value is -0.993. The van der Waals surface area contributed by atoms with E-state index in [0.717, 1.165) is 0 Å². The van der Waals surface area contributed by atoms with Crippen LogP contribution < -0.4 is 0 Å². The van der Waals surface area contributed by atoms with E-state index in [9.17, 15) is 4.79 Å². The summed E-state index contributed by atoms with van der Waals surface area (Å²) in [5.41, 5.74) is 3.36. The highest BCUT2D eigenvalue weighted by Gasteiger charge is 2.42. The van der Waals surface area contributed by atoms with Crippen LogP contribution in [-0.4, -0.2) is 33.2 Å². The number of carbonyl (C=O) groups is 1. The molecule has 0 aromatic rings. The number of rotatable bonds is 3. The number of carbonyl (C=O) groups excluding carboxylic acids is 1. The van der Waals surface area contributed by atoms with Crippen molar-refractivity contribution in [2.45, 2.75) is 58.0 Å². The lowest BCUT2D eigenvalue weighted by atomic mass is 10.2. The Bertz CT molecular complexity index is 400. The minimum Gasteiger partial charge on any atom is -0.427 e. The molecule has 1 saturated heterocycles. The van der Waals surface area contributed by atoms with Gasteiger partial charge < -0.3 is 14.2 Å². The van der Waals surface area contributed by atoms with E-state index in [4.69, 9.17) is 14.2 Å². The fourth-order valence-corrected chi connectivity index (χ4v) is 2.23. The number of hydrogen-bond donors (Lipinski definition) is 0. The molecular weight excluding hydrogens is 260 g/mol. The summed E-state index contributed by atoms with van der Waals surface area (Å²) in [7, 11) is -1.61. The van der Waals surface area contributed by atoms with Crippen LogP contribution in [0.25, 0.3) is 0 Å². The van der Waals surface area contributed by atoms with Gasteiger partial charge in [0.15, 0.2) is 6.61 Å². The summed E-state index contributed by atoms with van der Waals surface area (Å²) in [4.78, 5) is 11.0. The Morgan fingerprint density at radius 3 is 2.47 bits per heavy atom. The highest BCUT2D eigenvalue weighted by Crippen LogP contribution is 2.35. The Labute approximate surface area is 116 Å². The van der Waals surface area contributed by atoms with Gasteiger partial charge in [-0.15, -0.1) is 5.54 Å². The number of ether oxygens (including phenoxy) is 3. The molecule has 0 amide bonds. The first kappa shape index (κ1) is 16.1. The van der Waals surface area contributed by atoms with Crippen molar-refractivity contribution in [3.63, 3.8) is 0 Å². The van der Waals surface area contributed by atoms with Crippen LogP contribution in [0.1, 0.15) is 34.1 Å². The molecule has 1 unspecified atom stereocenters. The maximum Gasteiger partial charge on any atom is 0.511 e. The lowest BCUT2D eigenvalue weighted by Gasteiger charge is -2.31. The van der Waals surface area contributed by atoms with Crippen molar-refractivity contribution < 1.29 is 19.0 Å². The molecule has 1 atom stereocenters. The van der Waals surface area contributed by atoms with Gasteiger partial charge in [-0.1, -0.05) is 46.7 Å². The predicted molar refractivity (Wildman–Crippen MR) is 76.4 cm³/mol. The van der Waals surface area contributed by atoms with Gasteiger partial charge in [0.05, 0.1) is 0 Å². The fourth-order valence-electron chi connectivity index (χ4n) is 1.34. The summed E-state index contributed by atoms with van der Waals surface area (Å²) in [5, 5.41) is 0.228. The second kappa shape index (κ2) is 5.56. The third-order valence-electron chi connectivity index (χ3n) is 3.90. The summed E-state index contributed by atoms with van der Waals surface area (Å²) in [6.45, 7) is 13.4. The minimum atomic E-state index is -1.61. The van der Waals surface area contributed by atoms with E-state index in [1.165, 1.54) is 0 Å². The van der Waals surface area contributed by atoms with Gasteiger partial charge in [0.2, 0.25) is 0 Å². The van der Waals surface area contributed by atoms with Crippen LogP contribution in [0.15, 0.2) is 0 Å². The van der Waals surface area contributed by atoms with Gasteiger partial charge in [-0.25, -0.2) is 4.79 Å². The second-order valence-electron chi connectivity index (χ2n) is 6.37. The molecular formula is C14H24O4Si. The summed E-state index contributed by atoms with van der Waals surface area (Å²) in [6, 6.07) is 0. The maximum absolute atomic E-state index is 11.0. The van der Waals surface area contributed by atoms with E-state index in [0.29, 0.717) is 6.42 Å². The van der Waals surface area contributed by atoms with E-state index in [-0.39, 0.29) is 18.3 Å². The quantitative estimate of drug-likeness (QED) is 0.453. The molecule has 1 rings (SSSR count). The molecule has 0 N–H and O–H groups in total. The van der Waals surface area contributed by atoms with Crippen LogP contribution >= 0.6 is 0 Å². The van der Waals surface area contributed by atoms with Crippen molar-refractivity contribution in [3.05, 3.63) is 0 Å². The first-order valence-corrected chi connectivity index (χ1v) is 9.62. The predicted octanol–water partition coefficient (Wildman–Crippen LogP) is 3.33. The molecule has 4 nitrogen and oxygen atoms in total. The Morgan fingerprint density at radius 2 is 2.05 bits per heavy atom. The van der Waals surface area contributed by atoms with Crippen molar-refractivity contribution in [2.75, 3.05) is 13.2 Å². The van der Waals surface area contributed by atoms with Crippen molar-refractivity contribution in [2.24, 2.45) is 0 Å². The van der Waals surface area contributed by atoms with Gasteiger partial charge >= 0.3 is 6.16 Å². The minimum absolute atomic E-state index is 0.143. The third-order valence-corrected chi connectivity index (χ3v) is 8.45. The zero-order valence-electron chi connectivity index (χ0n) is 12.8. The lowest BCUT2D eigenvalue weighted by molar-refractivity contribution is -0.172. The van der Waals surface area contributed by atoms with Crippen LogP contribution in [-0.2, 0) is 14.2 Å². The molecule has 0 saturated carbocycles. The molecule has 0 radical (unpaired) electrons. The largest absolute Gasteiger partial charge is 0.511 e. The second-order valence-corrected chi connectivity index (χ2v) is 11.4. The van der Waals surface area contributed by atoms with Gasteiger partial charge in [-0.05, 0) is 5.04 Å². The molecule has 19 heavy (non-hydrogen) atoms. The van der Waals surface area contributed by atoms with Crippen LogP contribution in [0, 0.1) is 11.5 Å². The van der Waals surface area contributed by atoms with E-state index >= 15 is 0 Å². The van der Waals surface area contributed by atoms with Gasteiger partial charge in [0.1, 0.15) is 14.7 Å². The Kier molecular flexibility index (Phi) is 4.70. The third kappa shape index (κ3) is 3.98. The van der Waals surface area contributed by atoms with Gasteiger partial charge in [-0.3, -0.25) is 0 Å². The first-order valence-electron chi connectivity index (χ1n) is 6.62. The monoisotopic (exact) mass is 284 g/mol. The molecule has 0 aliphatic carbocycles. The molecule has 1 heterocycles. The van der Waals surface area contributed by atoms with Crippen molar-refractivity contribution in [1.29, 1.82) is 0 Å². The SMILES string of the molecule is CCC1(OCC#C[Si](C)(C)C(C)(C)C)COC(=O)O1. The van der Waals surface area contributed by atoms with Crippen LogP contribution in [0.4, 0.5) is 4.79 Å². The summed E-state index contributed by atoms with van der Waals surface area (Å²) >= 11 is 0. The standard InChI is InChI=1S/C14H24O4Si/c1-7-14(11-16-12(15)18-14)17-9-8-10-19(5,6)13(2,3)4/h7,9,11H2,1-6H3. The van der Waals surface area contributed by atoms with E-state index in [1.54, 1.807) is 0 Å². The highest BCUT2D eigenvalue weighted by molar-refractivity contribution is 6.87. The number of hydrogen-bond acceptors (Lipinski definition) is 4. The first-order chi connectivity index (χ1) is 8.62. The lowest BCUT2D eigenvalue weighted by Crippen LogP contribution is -2.36. The number of cyclic esters (lactones) is 2. The topological polar surface area (TPSA) is 44.8 Å². The summed E-state index contributed by atoms with van der Waals surface area (Å²) in [6.07, 6.45) is -0.111. The van der Waals surface area contributed by atoms with E-state index in [1.807, 2.05) is 6.92 Å². The molecule has 0 aromatic heterocycles. The van der Waals surface area contributed by atoms with E-state index < -0.39 is 20.0 Å². The fraction of sp³-hybridized carbons (Fsp3) is 0.786. The van der Waals surface area contributed by atoms with Gasteiger partial charge in [-0.2, -0.15) is 0 Å². The maximum atomic E-state index is 11.0. The molecule has 1 aliphatic rings. The zero-order valence-corrected chi connectivity index (χ0v) is 13.8. The average molecular weight is 284 g/mol. The summed E-state index contributed by atoms with van der Waals surface area (Å²) < 4.78 is 15.4. The van der Waals surface area contributed by atoms with Crippen molar-refractivity contribution >= 4 is 14.2 Å². The molecule has 108 valence electrons. The molecule has 0 aromatic carbocycles. The van der Waals surface area contributed by atoms with Crippen LogP contribution in [0.2, 0.25) is 18.1 Å².